The van der Waals surface area contributed by atoms with Gasteiger partial charge in [-0.05, 0) is 86.9 Å². The van der Waals surface area contributed by atoms with Crippen LogP contribution in [0.1, 0.15) is 59.3 Å². The molecule has 42 heavy (non-hydrogen) atoms. The number of halogens is 1. The van der Waals surface area contributed by atoms with Crippen LogP contribution in [-0.4, -0.2) is 61.6 Å². The lowest BCUT2D eigenvalue weighted by Gasteiger charge is -2.38. The molecule has 1 aliphatic carbocycles. The molecule has 0 unspecified atom stereocenters. The molecule has 1 saturated heterocycles. The van der Waals surface area contributed by atoms with Crippen molar-refractivity contribution in [3.8, 4) is 0 Å². The van der Waals surface area contributed by atoms with E-state index in [4.69, 9.17) is 16.6 Å². The molecule has 0 radical (unpaired) electrons. The molecule has 4 aromatic rings. The maximum atomic E-state index is 12.9. The summed E-state index contributed by atoms with van der Waals surface area (Å²) in [5.41, 5.74) is 4.27. The van der Waals surface area contributed by atoms with Crippen molar-refractivity contribution in [2.24, 2.45) is 0 Å². The number of piperidine rings is 1. The van der Waals surface area contributed by atoms with Gasteiger partial charge in [0.25, 0.3) is 11.5 Å². The molecule has 10 heteroatoms. The Labute approximate surface area is 248 Å². The smallest absolute Gasteiger partial charge is 0.261 e. The number of benzene rings is 2. The molecule has 1 fully saturated rings. The van der Waals surface area contributed by atoms with E-state index in [1.165, 1.54) is 28.4 Å². The van der Waals surface area contributed by atoms with Crippen LogP contribution < -0.4 is 10.9 Å². The lowest BCUT2D eigenvalue weighted by atomic mass is 9.90. The largest absolute Gasteiger partial charge is 0.388 e. The Kier molecular flexibility index (Phi) is 7.72. The van der Waals surface area contributed by atoms with Crippen molar-refractivity contribution in [2.45, 2.75) is 64.0 Å². The van der Waals surface area contributed by atoms with Crippen molar-refractivity contribution in [1.82, 2.24) is 24.8 Å². The second-order valence-corrected chi connectivity index (χ2v) is 12.0. The molecule has 0 bridgehead atoms. The average molecular weight is 588 g/mol. The molecule has 1 aliphatic heterocycles. The van der Waals surface area contributed by atoms with E-state index in [0.29, 0.717) is 47.4 Å². The molecule has 2 aromatic carbocycles. The van der Waals surface area contributed by atoms with Gasteiger partial charge < -0.3 is 15.3 Å². The van der Waals surface area contributed by atoms with E-state index in [1.807, 2.05) is 18.2 Å². The number of carbonyl (C=O) groups is 2. The van der Waals surface area contributed by atoms with Gasteiger partial charge >= 0.3 is 0 Å². The van der Waals surface area contributed by atoms with Gasteiger partial charge in [-0.2, -0.15) is 0 Å². The Morgan fingerprint density at radius 3 is 2.62 bits per heavy atom. The van der Waals surface area contributed by atoms with Gasteiger partial charge in [0.05, 0.1) is 34.9 Å². The van der Waals surface area contributed by atoms with Crippen molar-refractivity contribution in [3.63, 3.8) is 0 Å². The van der Waals surface area contributed by atoms with Crippen LogP contribution in [0.5, 0.6) is 0 Å². The van der Waals surface area contributed by atoms with Crippen LogP contribution in [0.15, 0.2) is 47.5 Å². The summed E-state index contributed by atoms with van der Waals surface area (Å²) >= 11 is 6.00. The van der Waals surface area contributed by atoms with Crippen LogP contribution >= 0.6 is 11.6 Å². The van der Waals surface area contributed by atoms with Crippen LogP contribution in [-0.2, 0) is 24.2 Å². The first-order chi connectivity index (χ1) is 20.2. The second kappa shape index (κ2) is 11.5. The number of nitrogens with one attached hydrogen (secondary N) is 1. The van der Waals surface area contributed by atoms with Crippen LogP contribution in [0.4, 0.5) is 0 Å². The minimum atomic E-state index is -1.13. The number of pyridine rings is 1. The van der Waals surface area contributed by atoms with Crippen LogP contribution in [0.25, 0.3) is 21.8 Å². The van der Waals surface area contributed by atoms with E-state index in [0.717, 1.165) is 35.9 Å². The van der Waals surface area contributed by atoms with Crippen molar-refractivity contribution < 1.29 is 14.7 Å². The normalized spacial score (nSPS) is 16.4. The fourth-order valence-corrected chi connectivity index (χ4v) is 6.41. The predicted octanol–water partition coefficient (Wildman–Crippen LogP) is 3.96. The Hall–Kier alpha value is -3.82. The summed E-state index contributed by atoms with van der Waals surface area (Å²) in [7, 11) is 0. The first-order valence-corrected chi connectivity index (χ1v) is 14.9. The lowest BCUT2D eigenvalue weighted by molar-refractivity contribution is -0.135. The van der Waals surface area contributed by atoms with Crippen LogP contribution in [0.3, 0.4) is 0 Å². The molecule has 218 valence electrons. The number of hydrogen-bond acceptors (Lipinski definition) is 6. The minimum Gasteiger partial charge on any atom is -0.388 e. The van der Waals surface area contributed by atoms with Crippen molar-refractivity contribution in [3.05, 3.63) is 80.5 Å². The summed E-state index contributed by atoms with van der Waals surface area (Å²) in [5, 5.41) is 16.1. The maximum Gasteiger partial charge on any atom is 0.261 e. The van der Waals surface area contributed by atoms with E-state index in [-0.39, 0.29) is 36.9 Å². The average Bonchev–Trinajstić information content (AvgIpc) is 2.98. The SMILES string of the molecule is Cc1c2c(nc3cc(C(=O)NCCC(=O)N4CCC(O)(Cn5cnc6cc(Cl)ccc6c5=O)CC4)ccc13)CCCC2. The molecule has 2 N–H and O–H groups in total. The first-order valence-electron chi connectivity index (χ1n) is 14.6. The van der Waals surface area contributed by atoms with E-state index >= 15 is 0 Å². The summed E-state index contributed by atoms with van der Waals surface area (Å²) in [5.74, 6) is -0.312. The number of fused-ring (bicyclic) bond motifs is 3. The van der Waals surface area contributed by atoms with Crippen LogP contribution in [0, 0.1) is 6.92 Å². The molecule has 0 spiro atoms. The number of carbonyl (C=O) groups excluding carboxylic acids is 2. The molecule has 2 aliphatic rings. The monoisotopic (exact) mass is 587 g/mol. The van der Waals surface area contributed by atoms with Gasteiger partial charge in [0.2, 0.25) is 5.91 Å². The summed E-state index contributed by atoms with van der Waals surface area (Å²) in [6.45, 7) is 3.19. The maximum absolute atomic E-state index is 12.9. The number of nitrogens with zero attached hydrogens (tertiary/aromatic N) is 4. The Morgan fingerprint density at radius 1 is 1.05 bits per heavy atom. The summed E-state index contributed by atoms with van der Waals surface area (Å²) in [4.78, 5) is 49.5. The molecule has 3 heterocycles. The zero-order chi connectivity index (χ0) is 29.4. The van der Waals surface area contributed by atoms with E-state index in [9.17, 15) is 19.5 Å². The van der Waals surface area contributed by atoms with Crippen molar-refractivity contribution >= 4 is 45.2 Å². The summed E-state index contributed by atoms with van der Waals surface area (Å²) < 4.78 is 1.42. The molecule has 0 saturated carbocycles. The molecular formula is C32H34ClN5O4. The van der Waals surface area contributed by atoms with Gasteiger partial charge in [-0.25, -0.2) is 4.98 Å². The van der Waals surface area contributed by atoms with Gasteiger partial charge in [-0.1, -0.05) is 17.7 Å². The topological polar surface area (TPSA) is 117 Å². The standard InChI is InChI=1S/C32H34ClN5O4/c1-20-23-4-2-3-5-26(23)36-28-16-21(6-8-24(20)28)30(40)34-13-10-29(39)37-14-11-32(42,12-15-37)18-38-19-35-27-17-22(33)7-9-25(27)31(38)41/h6-9,16-17,19,42H,2-5,10-15,18H2,1H3,(H,34,40). The highest BCUT2D eigenvalue weighted by Crippen LogP contribution is 2.29. The molecule has 6 rings (SSSR count). The van der Waals surface area contributed by atoms with Gasteiger partial charge in [0, 0.05) is 47.7 Å². The number of aliphatic hydroxyl groups is 1. The molecule has 9 nitrogen and oxygen atoms in total. The number of aromatic nitrogens is 3. The fourth-order valence-electron chi connectivity index (χ4n) is 6.24. The van der Waals surface area contributed by atoms with Gasteiger partial charge in [0.15, 0.2) is 0 Å². The number of hydrogen-bond donors (Lipinski definition) is 2. The van der Waals surface area contributed by atoms with Crippen molar-refractivity contribution in [1.29, 1.82) is 0 Å². The third-order valence-corrected chi connectivity index (χ3v) is 8.97. The Morgan fingerprint density at radius 2 is 1.81 bits per heavy atom. The third-order valence-electron chi connectivity index (χ3n) is 8.73. The Balaban J connectivity index is 1.02. The quantitative estimate of drug-likeness (QED) is 0.353. The zero-order valence-electron chi connectivity index (χ0n) is 23.7. The number of aryl methyl sites for hydroxylation is 2. The van der Waals surface area contributed by atoms with E-state index in [2.05, 4.69) is 17.2 Å². The highest BCUT2D eigenvalue weighted by atomic mass is 35.5. The Bertz CT molecular complexity index is 1760. The number of rotatable bonds is 6. The first kappa shape index (κ1) is 28.3. The molecule has 2 aromatic heterocycles. The predicted molar refractivity (Wildman–Crippen MR) is 162 cm³/mol. The summed E-state index contributed by atoms with van der Waals surface area (Å²) in [6.07, 6.45) is 6.65. The fraction of sp³-hybridized carbons (Fsp3) is 0.406. The highest BCUT2D eigenvalue weighted by Gasteiger charge is 2.34. The molecule has 0 atom stereocenters. The second-order valence-electron chi connectivity index (χ2n) is 11.6. The number of likely N-dealkylation sites (tertiary alicyclic amines) is 1. The van der Waals surface area contributed by atoms with Crippen LogP contribution in [0.2, 0.25) is 5.02 Å². The molecular weight excluding hydrogens is 554 g/mol. The molecule has 2 amide bonds. The number of amides is 2. The summed E-state index contributed by atoms with van der Waals surface area (Å²) in [6, 6.07) is 10.5. The van der Waals surface area contributed by atoms with Crippen molar-refractivity contribution in [2.75, 3.05) is 19.6 Å². The van der Waals surface area contributed by atoms with E-state index < -0.39 is 5.60 Å². The zero-order valence-corrected chi connectivity index (χ0v) is 24.4. The van der Waals surface area contributed by atoms with Gasteiger partial charge in [-0.3, -0.25) is 23.9 Å². The van der Waals surface area contributed by atoms with Gasteiger partial charge in [-0.15, -0.1) is 0 Å². The van der Waals surface area contributed by atoms with Gasteiger partial charge in [0.1, 0.15) is 0 Å². The van der Waals surface area contributed by atoms with E-state index in [1.54, 1.807) is 23.1 Å². The lowest BCUT2D eigenvalue weighted by Crippen LogP contribution is -2.50. The minimum absolute atomic E-state index is 0.0822. The third kappa shape index (κ3) is 5.63. The highest BCUT2D eigenvalue weighted by molar-refractivity contribution is 6.31.